The van der Waals surface area contributed by atoms with Crippen LogP contribution in [0, 0.1) is 0 Å². The summed E-state index contributed by atoms with van der Waals surface area (Å²) in [7, 11) is 0. The van der Waals surface area contributed by atoms with E-state index in [1.54, 1.807) is 19.1 Å². The Hall–Kier alpha value is -1.61. The summed E-state index contributed by atoms with van der Waals surface area (Å²) >= 11 is 0. The van der Waals surface area contributed by atoms with E-state index in [1.165, 1.54) is 5.56 Å². The summed E-state index contributed by atoms with van der Waals surface area (Å²) in [5.74, 6) is 0.478. The molecule has 18 heavy (non-hydrogen) atoms. The fourth-order valence-corrected chi connectivity index (χ4v) is 2.53. The Morgan fingerprint density at radius 3 is 3.00 bits per heavy atom. The fourth-order valence-electron chi connectivity index (χ4n) is 2.53. The molecule has 1 atom stereocenters. The zero-order valence-electron chi connectivity index (χ0n) is 10.9. The summed E-state index contributed by atoms with van der Waals surface area (Å²) < 4.78 is 0. The van der Waals surface area contributed by atoms with Gasteiger partial charge in [0.25, 0.3) is 0 Å². The minimum atomic E-state index is 0.0822. The topological polar surface area (TPSA) is 49.3 Å². The molecule has 0 radical (unpaired) electrons. The van der Waals surface area contributed by atoms with E-state index in [1.807, 2.05) is 13.0 Å². The molecule has 3 nitrogen and oxygen atoms in total. The third kappa shape index (κ3) is 2.79. The van der Waals surface area contributed by atoms with Gasteiger partial charge in [-0.3, -0.25) is 4.79 Å². The van der Waals surface area contributed by atoms with Crippen molar-refractivity contribution in [2.24, 2.45) is 0 Å². The highest BCUT2D eigenvalue weighted by atomic mass is 16.3. The van der Waals surface area contributed by atoms with Crippen LogP contribution in [0.5, 0.6) is 5.75 Å². The molecule has 2 rings (SSSR count). The number of allylic oxidation sites excluding steroid dienone is 1. The van der Waals surface area contributed by atoms with Crippen molar-refractivity contribution in [1.82, 2.24) is 5.32 Å². The monoisotopic (exact) mass is 245 g/mol. The zero-order chi connectivity index (χ0) is 13.1. The van der Waals surface area contributed by atoms with Crippen molar-refractivity contribution in [3.05, 3.63) is 41.0 Å². The number of carbonyl (C=O) groups is 1. The van der Waals surface area contributed by atoms with E-state index in [2.05, 4.69) is 11.4 Å². The van der Waals surface area contributed by atoms with Crippen molar-refractivity contribution in [2.45, 2.75) is 32.7 Å². The summed E-state index contributed by atoms with van der Waals surface area (Å²) in [6.07, 6.45) is 3.57. The number of phenols is 1. The molecule has 3 heteroatoms. The molecule has 0 spiro atoms. The number of rotatable bonds is 4. The lowest BCUT2D eigenvalue weighted by Crippen LogP contribution is -2.21. The summed E-state index contributed by atoms with van der Waals surface area (Å²) in [4.78, 5) is 11.0. The first-order chi connectivity index (χ1) is 8.58. The van der Waals surface area contributed by atoms with Crippen molar-refractivity contribution in [1.29, 1.82) is 0 Å². The molecule has 0 saturated carbocycles. The summed E-state index contributed by atoms with van der Waals surface area (Å²) in [5.41, 5.74) is 3.28. The van der Waals surface area contributed by atoms with Crippen LogP contribution in [0.2, 0.25) is 0 Å². The van der Waals surface area contributed by atoms with Gasteiger partial charge in [0.05, 0.1) is 0 Å². The number of carbonyl (C=O) groups excluding carboxylic acids is 1. The highest BCUT2D eigenvalue weighted by Gasteiger charge is 2.23. The van der Waals surface area contributed by atoms with E-state index in [4.69, 9.17) is 0 Å². The molecule has 0 amide bonds. The Bertz CT molecular complexity index is 491. The van der Waals surface area contributed by atoms with E-state index in [0.29, 0.717) is 12.3 Å². The number of nitrogens with one attached hydrogen (secondary N) is 1. The molecule has 0 aliphatic heterocycles. The van der Waals surface area contributed by atoms with Gasteiger partial charge in [0.2, 0.25) is 0 Å². The lowest BCUT2D eigenvalue weighted by Gasteiger charge is -2.14. The molecule has 1 aliphatic carbocycles. The maximum absolute atomic E-state index is 11.0. The first-order valence-corrected chi connectivity index (χ1v) is 6.30. The second-order valence-corrected chi connectivity index (χ2v) is 4.92. The van der Waals surface area contributed by atoms with Crippen LogP contribution in [-0.2, 0) is 11.2 Å². The van der Waals surface area contributed by atoms with Gasteiger partial charge in [0.1, 0.15) is 5.75 Å². The molecular formula is C15H19NO2. The molecular weight excluding hydrogens is 226 g/mol. The van der Waals surface area contributed by atoms with Gasteiger partial charge in [-0.2, -0.15) is 0 Å². The highest BCUT2D eigenvalue weighted by molar-refractivity contribution is 5.87. The number of hydrogen-bond acceptors (Lipinski definition) is 3. The number of benzene rings is 1. The van der Waals surface area contributed by atoms with Crippen LogP contribution in [0.3, 0.4) is 0 Å². The molecule has 1 unspecified atom stereocenters. The second kappa shape index (κ2) is 5.36. The average Bonchev–Trinajstić information content (AvgIpc) is 2.70. The number of fused-ring (bicyclic) bond motifs is 1. The maximum atomic E-state index is 11.0. The van der Waals surface area contributed by atoms with Crippen LogP contribution in [0.25, 0.3) is 0 Å². The third-order valence-electron chi connectivity index (χ3n) is 3.32. The van der Waals surface area contributed by atoms with Crippen molar-refractivity contribution in [3.63, 3.8) is 0 Å². The van der Waals surface area contributed by atoms with Crippen LogP contribution in [0.4, 0.5) is 0 Å². The van der Waals surface area contributed by atoms with Gasteiger partial charge < -0.3 is 10.4 Å². The van der Waals surface area contributed by atoms with Crippen LogP contribution in [-0.4, -0.2) is 17.4 Å². The van der Waals surface area contributed by atoms with Gasteiger partial charge in [-0.15, -0.1) is 0 Å². The molecule has 1 aromatic rings. The van der Waals surface area contributed by atoms with Crippen LogP contribution >= 0.6 is 0 Å². The van der Waals surface area contributed by atoms with Gasteiger partial charge in [-0.1, -0.05) is 17.7 Å². The summed E-state index contributed by atoms with van der Waals surface area (Å²) in [6.45, 7) is 4.22. The van der Waals surface area contributed by atoms with E-state index >= 15 is 0 Å². The molecule has 0 saturated heterocycles. The Morgan fingerprint density at radius 1 is 1.50 bits per heavy atom. The van der Waals surface area contributed by atoms with E-state index in [0.717, 1.165) is 24.0 Å². The SMILES string of the molecule is CC(=O)/C=C(\C)CNC1CCc2c(O)cccc21. The van der Waals surface area contributed by atoms with Gasteiger partial charge >= 0.3 is 0 Å². The normalized spacial score (nSPS) is 18.8. The molecule has 0 bridgehead atoms. The lowest BCUT2D eigenvalue weighted by molar-refractivity contribution is -0.112. The Labute approximate surface area is 108 Å². The largest absolute Gasteiger partial charge is 0.508 e. The van der Waals surface area contributed by atoms with E-state index < -0.39 is 0 Å². The van der Waals surface area contributed by atoms with Crippen molar-refractivity contribution < 1.29 is 9.90 Å². The zero-order valence-corrected chi connectivity index (χ0v) is 10.9. The first kappa shape index (κ1) is 12.8. The van der Waals surface area contributed by atoms with Gasteiger partial charge in [0.15, 0.2) is 5.78 Å². The standard InChI is InChI=1S/C15H19NO2/c1-10(8-11(2)17)9-16-14-7-6-13-12(14)4-3-5-15(13)18/h3-5,8,14,16,18H,6-7,9H2,1-2H3/b10-8+. The van der Waals surface area contributed by atoms with Crippen LogP contribution < -0.4 is 5.32 Å². The van der Waals surface area contributed by atoms with Crippen LogP contribution in [0.15, 0.2) is 29.8 Å². The predicted molar refractivity (Wildman–Crippen MR) is 71.6 cm³/mol. The van der Waals surface area contributed by atoms with Crippen molar-refractivity contribution in [2.75, 3.05) is 6.54 Å². The molecule has 2 N–H and O–H groups in total. The molecule has 0 aromatic heterocycles. The maximum Gasteiger partial charge on any atom is 0.152 e. The second-order valence-electron chi connectivity index (χ2n) is 4.92. The van der Waals surface area contributed by atoms with E-state index in [9.17, 15) is 9.90 Å². The quantitative estimate of drug-likeness (QED) is 0.801. The minimum Gasteiger partial charge on any atom is -0.508 e. The number of phenolic OH excluding ortho intramolecular Hbond substituents is 1. The summed E-state index contributed by atoms with van der Waals surface area (Å²) in [5, 5.41) is 13.2. The van der Waals surface area contributed by atoms with Gasteiger partial charge in [-0.05, 0) is 50.0 Å². The van der Waals surface area contributed by atoms with Crippen molar-refractivity contribution in [3.8, 4) is 5.75 Å². The van der Waals surface area contributed by atoms with Gasteiger partial charge in [0, 0.05) is 12.6 Å². The Morgan fingerprint density at radius 2 is 2.28 bits per heavy atom. The molecule has 0 fully saturated rings. The van der Waals surface area contributed by atoms with Crippen molar-refractivity contribution >= 4 is 5.78 Å². The molecule has 1 aliphatic rings. The highest BCUT2D eigenvalue weighted by Crippen LogP contribution is 2.36. The first-order valence-electron chi connectivity index (χ1n) is 6.30. The predicted octanol–water partition coefficient (Wildman–Crippen LogP) is 2.50. The van der Waals surface area contributed by atoms with Crippen LogP contribution in [0.1, 0.15) is 37.4 Å². The third-order valence-corrected chi connectivity index (χ3v) is 3.32. The summed E-state index contributed by atoms with van der Waals surface area (Å²) in [6, 6.07) is 5.96. The molecule has 0 heterocycles. The smallest absolute Gasteiger partial charge is 0.152 e. The lowest BCUT2D eigenvalue weighted by atomic mass is 10.1. The number of aromatic hydroxyl groups is 1. The minimum absolute atomic E-state index is 0.0822. The van der Waals surface area contributed by atoms with E-state index in [-0.39, 0.29) is 11.8 Å². The van der Waals surface area contributed by atoms with Gasteiger partial charge in [-0.25, -0.2) is 0 Å². The molecule has 1 aromatic carbocycles. The molecule has 96 valence electrons. The Balaban J connectivity index is 2.02. The number of ketones is 1. The number of hydrogen-bond donors (Lipinski definition) is 2. The Kier molecular flexibility index (Phi) is 3.82. The fraction of sp³-hybridized carbons (Fsp3) is 0.400. The average molecular weight is 245 g/mol.